The molecule has 1 heterocycles. The van der Waals surface area contributed by atoms with Crippen molar-refractivity contribution in [1.82, 2.24) is 9.03 Å². The summed E-state index contributed by atoms with van der Waals surface area (Å²) in [5.74, 6) is -1.27. The number of benzene rings is 2. The molecule has 0 saturated carbocycles. The average molecular weight is 497 g/mol. The second kappa shape index (κ2) is 10.6. The molecule has 33 heavy (non-hydrogen) atoms. The van der Waals surface area contributed by atoms with E-state index >= 15 is 0 Å². The third kappa shape index (κ3) is 6.32. The summed E-state index contributed by atoms with van der Waals surface area (Å²) in [4.78, 5) is 12.2. The Morgan fingerprint density at radius 1 is 1.03 bits per heavy atom. The van der Waals surface area contributed by atoms with Crippen LogP contribution in [0.2, 0.25) is 0 Å². The molecule has 2 aromatic rings. The van der Waals surface area contributed by atoms with Gasteiger partial charge in [0.25, 0.3) is 0 Å². The van der Waals surface area contributed by atoms with Crippen molar-refractivity contribution in [3.05, 3.63) is 60.2 Å². The molecule has 180 valence electrons. The predicted octanol–water partition coefficient (Wildman–Crippen LogP) is 2.20. The number of methoxy groups -OCH3 is 1. The highest BCUT2D eigenvalue weighted by molar-refractivity contribution is 7.89. The van der Waals surface area contributed by atoms with Crippen LogP contribution in [0.15, 0.2) is 59.5 Å². The lowest BCUT2D eigenvalue weighted by molar-refractivity contribution is -0.142. The summed E-state index contributed by atoms with van der Waals surface area (Å²) in [6, 6.07) is 11.5. The zero-order chi connectivity index (χ0) is 24.1. The van der Waals surface area contributed by atoms with E-state index in [1.165, 1.54) is 31.4 Å². The molecule has 2 N–H and O–H groups in total. The van der Waals surface area contributed by atoms with Crippen LogP contribution in [0.4, 0.5) is 0 Å². The van der Waals surface area contributed by atoms with E-state index < -0.39 is 38.1 Å². The van der Waals surface area contributed by atoms with Gasteiger partial charge in [-0.05, 0) is 42.7 Å². The molecule has 3 rings (SSSR count). The topological polar surface area (TPSA) is 130 Å². The zero-order valence-electron chi connectivity index (χ0n) is 18.3. The Bertz CT molecular complexity index is 1150. The number of hydrogen-bond donors (Lipinski definition) is 2. The fourth-order valence-corrected chi connectivity index (χ4v) is 7.02. The van der Waals surface area contributed by atoms with E-state index in [-0.39, 0.29) is 23.6 Å². The van der Waals surface area contributed by atoms with Gasteiger partial charge in [0.05, 0.1) is 17.8 Å². The maximum Gasteiger partial charge on any atom is 0.323 e. The Morgan fingerprint density at radius 2 is 1.70 bits per heavy atom. The summed E-state index contributed by atoms with van der Waals surface area (Å²) in [5, 5.41) is 10.0. The lowest BCUT2D eigenvalue weighted by Crippen LogP contribution is -2.58. The molecule has 0 aromatic heterocycles. The van der Waals surface area contributed by atoms with E-state index in [1.807, 2.05) is 0 Å². The molecule has 0 amide bonds. The minimum absolute atomic E-state index is 0.0256. The van der Waals surface area contributed by atoms with Gasteiger partial charge in [-0.25, -0.2) is 21.6 Å². The first-order valence-corrected chi connectivity index (χ1v) is 13.7. The van der Waals surface area contributed by atoms with E-state index in [9.17, 15) is 26.7 Å². The number of rotatable bonds is 8. The normalized spacial score (nSPS) is 20.5. The Hall–Kier alpha value is -2.47. The van der Waals surface area contributed by atoms with E-state index in [0.717, 1.165) is 4.31 Å². The summed E-state index contributed by atoms with van der Waals surface area (Å²) in [7, 11) is -6.68. The molecule has 2 aromatic carbocycles. The van der Waals surface area contributed by atoms with Crippen LogP contribution in [-0.2, 0) is 30.6 Å². The number of ether oxygens (including phenoxy) is 1. The van der Waals surface area contributed by atoms with Gasteiger partial charge in [0.2, 0.25) is 20.0 Å². The third-order valence-corrected chi connectivity index (χ3v) is 8.80. The Kier molecular flexibility index (Phi) is 8.11. The summed E-state index contributed by atoms with van der Waals surface area (Å²) < 4.78 is 61.0. The van der Waals surface area contributed by atoms with Crippen molar-refractivity contribution < 1.29 is 31.5 Å². The van der Waals surface area contributed by atoms with E-state index in [2.05, 4.69) is 4.72 Å². The molecule has 0 aliphatic carbocycles. The second-order valence-corrected chi connectivity index (χ2v) is 11.5. The lowest BCUT2D eigenvalue weighted by Gasteiger charge is -2.35. The predicted molar refractivity (Wildman–Crippen MR) is 123 cm³/mol. The Balaban J connectivity index is 1.93. The van der Waals surface area contributed by atoms with Gasteiger partial charge in [0.1, 0.15) is 11.8 Å². The molecule has 0 bridgehead atoms. The molecule has 1 aliphatic rings. The summed E-state index contributed by atoms with van der Waals surface area (Å²) in [6.07, 6.45) is 1.92. The quantitative estimate of drug-likeness (QED) is 0.573. The van der Waals surface area contributed by atoms with Gasteiger partial charge in [-0.2, -0.15) is 4.31 Å². The van der Waals surface area contributed by atoms with Crippen molar-refractivity contribution in [2.45, 2.75) is 48.4 Å². The SMILES string of the molecule is COc1ccc(S(=O)(=O)N2CCCCC[C@H](NS(=O)(=O)Cc3ccccc3)[C@H]2C(=O)O)cc1. The van der Waals surface area contributed by atoms with Crippen LogP contribution in [-0.4, -0.2) is 58.0 Å². The minimum atomic E-state index is -4.21. The summed E-state index contributed by atoms with van der Waals surface area (Å²) in [6.45, 7) is -0.0256. The van der Waals surface area contributed by atoms with Crippen LogP contribution in [0.5, 0.6) is 5.75 Å². The standard InChI is InChI=1S/C22H28N2O7S2/c1-31-18-11-13-19(14-12-18)33(29,30)24-15-7-3-6-10-20(21(24)22(25)26)23-32(27,28)16-17-8-4-2-5-9-17/h2,4-5,8-9,11-14,20-21,23H,3,6-7,10,15-16H2,1H3,(H,25,26)/t20-,21-/m0/s1. The molecule has 0 radical (unpaired) electrons. The fourth-order valence-electron chi connectivity index (χ4n) is 3.94. The molecule has 11 heteroatoms. The molecule has 1 aliphatic heterocycles. The van der Waals surface area contributed by atoms with Crippen LogP contribution in [0, 0.1) is 0 Å². The first kappa shape index (κ1) is 25.2. The van der Waals surface area contributed by atoms with Gasteiger partial charge in [-0.1, -0.05) is 43.2 Å². The van der Waals surface area contributed by atoms with Crippen molar-refractivity contribution in [2.75, 3.05) is 13.7 Å². The fraction of sp³-hybridized carbons (Fsp3) is 0.409. The number of carboxylic acids is 1. The maximum atomic E-state index is 13.4. The Morgan fingerprint density at radius 3 is 2.30 bits per heavy atom. The van der Waals surface area contributed by atoms with E-state index in [0.29, 0.717) is 30.6 Å². The zero-order valence-corrected chi connectivity index (χ0v) is 19.9. The summed E-state index contributed by atoms with van der Waals surface area (Å²) >= 11 is 0. The minimum Gasteiger partial charge on any atom is -0.497 e. The molecular weight excluding hydrogens is 468 g/mol. The highest BCUT2D eigenvalue weighted by atomic mass is 32.2. The van der Waals surface area contributed by atoms with Crippen molar-refractivity contribution in [3.8, 4) is 5.75 Å². The lowest BCUT2D eigenvalue weighted by atomic mass is 9.99. The number of nitrogens with one attached hydrogen (secondary N) is 1. The molecule has 2 atom stereocenters. The molecule has 0 unspecified atom stereocenters. The molecule has 1 fully saturated rings. The monoisotopic (exact) mass is 496 g/mol. The van der Waals surface area contributed by atoms with Gasteiger partial charge < -0.3 is 9.84 Å². The van der Waals surface area contributed by atoms with Crippen molar-refractivity contribution >= 4 is 26.0 Å². The third-order valence-electron chi connectivity index (χ3n) is 5.53. The van der Waals surface area contributed by atoms with Gasteiger partial charge >= 0.3 is 5.97 Å². The highest BCUT2D eigenvalue weighted by Crippen LogP contribution is 2.27. The molecular formula is C22H28N2O7S2. The largest absolute Gasteiger partial charge is 0.497 e. The van der Waals surface area contributed by atoms with Crippen LogP contribution < -0.4 is 9.46 Å². The highest BCUT2D eigenvalue weighted by Gasteiger charge is 2.42. The molecule has 1 saturated heterocycles. The number of nitrogens with zero attached hydrogens (tertiary/aromatic N) is 1. The molecule has 0 spiro atoms. The van der Waals surface area contributed by atoms with Crippen LogP contribution in [0.3, 0.4) is 0 Å². The number of hydrogen-bond acceptors (Lipinski definition) is 6. The second-order valence-electron chi connectivity index (χ2n) is 7.89. The number of sulfonamides is 2. The summed E-state index contributed by atoms with van der Waals surface area (Å²) in [5.41, 5.74) is 0.547. The van der Waals surface area contributed by atoms with Gasteiger partial charge in [-0.15, -0.1) is 0 Å². The van der Waals surface area contributed by atoms with E-state index in [4.69, 9.17) is 4.74 Å². The van der Waals surface area contributed by atoms with Crippen LogP contribution in [0.1, 0.15) is 31.2 Å². The van der Waals surface area contributed by atoms with Crippen molar-refractivity contribution in [2.24, 2.45) is 0 Å². The van der Waals surface area contributed by atoms with Crippen LogP contribution in [0.25, 0.3) is 0 Å². The number of carboxylic acid groups (broad SMARTS) is 1. The first-order chi connectivity index (χ1) is 15.6. The van der Waals surface area contributed by atoms with Crippen molar-refractivity contribution in [1.29, 1.82) is 0 Å². The number of carbonyl (C=O) groups is 1. The van der Waals surface area contributed by atoms with Gasteiger partial charge in [0, 0.05) is 12.6 Å². The van der Waals surface area contributed by atoms with Gasteiger partial charge in [0.15, 0.2) is 0 Å². The number of aliphatic carboxylic acids is 1. The van der Waals surface area contributed by atoms with Crippen molar-refractivity contribution in [3.63, 3.8) is 0 Å². The first-order valence-electron chi connectivity index (χ1n) is 10.6. The van der Waals surface area contributed by atoms with E-state index in [1.54, 1.807) is 30.3 Å². The van der Waals surface area contributed by atoms with Crippen LogP contribution >= 0.6 is 0 Å². The average Bonchev–Trinajstić information content (AvgIpc) is 2.75. The smallest absolute Gasteiger partial charge is 0.323 e. The molecule has 9 nitrogen and oxygen atoms in total. The Labute approximate surface area is 194 Å². The van der Waals surface area contributed by atoms with Gasteiger partial charge in [-0.3, -0.25) is 4.79 Å². The maximum absolute atomic E-state index is 13.4.